The van der Waals surface area contributed by atoms with Crippen LogP contribution in [0.25, 0.3) is 0 Å². The van der Waals surface area contributed by atoms with Crippen molar-refractivity contribution in [2.45, 2.75) is 29.6 Å². The molecule has 1 aliphatic heterocycles. The molecule has 0 aromatic heterocycles. The summed E-state index contributed by atoms with van der Waals surface area (Å²) < 4.78 is -1.22. The van der Waals surface area contributed by atoms with Crippen molar-refractivity contribution in [2.24, 2.45) is 0 Å². The molecule has 1 aliphatic carbocycles. The van der Waals surface area contributed by atoms with E-state index in [-0.39, 0.29) is 11.9 Å². The molecule has 0 bridgehead atoms. The van der Waals surface area contributed by atoms with Gasteiger partial charge in [0.05, 0.1) is 6.04 Å². The second-order valence-corrected chi connectivity index (χ2v) is 5.90. The lowest BCUT2D eigenvalue weighted by Crippen LogP contribution is -2.51. The molecule has 1 heterocycles. The van der Waals surface area contributed by atoms with Gasteiger partial charge >= 0.3 is 0 Å². The van der Waals surface area contributed by atoms with Gasteiger partial charge in [-0.1, -0.05) is 46.9 Å². The van der Waals surface area contributed by atoms with Gasteiger partial charge in [-0.15, -0.1) is 0 Å². The Bertz CT molecular complexity index is 365. The van der Waals surface area contributed by atoms with Gasteiger partial charge < -0.3 is 4.90 Å². The molecule has 0 N–H and O–H groups in total. The monoisotopic (exact) mass is 257 g/mol. The molecule has 0 saturated carbocycles. The molecule has 1 fully saturated rings. The molecule has 1 atom stereocenters. The number of allylic oxidation sites excluding steroid dienone is 2. The second kappa shape index (κ2) is 4.46. The summed E-state index contributed by atoms with van der Waals surface area (Å²) in [4.78, 5) is 13.8. The Labute approximate surface area is 107 Å². The van der Waals surface area contributed by atoms with Crippen LogP contribution in [0.2, 0.25) is 0 Å². The Balaban J connectivity index is 2.11. The summed E-state index contributed by atoms with van der Waals surface area (Å²) in [6, 6.07) is 0.119. The van der Waals surface area contributed by atoms with Crippen LogP contribution >= 0.6 is 23.2 Å². The molecule has 0 aromatic rings. The smallest absolute Gasteiger partial charge is 0.259 e. The fourth-order valence-corrected chi connectivity index (χ4v) is 2.64. The molecule has 2 aliphatic rings. The van der Waals surface area contributed by atoms with E-state index in [4.69, 9.17) is 23.2 Å². The van der Waals surface area contributed by atoms with E-state index >= 15 is 0 Å². The van der Waals surface area contributed by atoms with Crippen LogP contribution < -0.4 is 0 Å². The van der Waals surface area contributed by atoms with E-state index in [1.807, 2.05) is 6.08 Å². The van der Waals surface area contributed by atoms with Crippen molar-refractivity contribution in [3.05, 3.63) is 23.7 Å². The van der Waals surface area contributed by atoms with Gasteiger partial charge in [0.2, 0.25) is 0 Å². The lowest BCUT2D eigenvalue weighted by molar-refractivity contribution is -0.135. The van der Waals surface area contributed by atoms with Crippen molar-refractivity contribution < 1.29 is 4.79 Å². The van der Waals surface area contributed by atoms with Crippen molar-refractivity contribution in [1.29, 1.82) is 0 Å². The van der Waals surface area contributed by atoms with Crippen molar-refractivity contribution >= 4 is 37.0 Å². The van der Waals surface area contributed by atoms with E-state index in [1.54, 1.807) is 4.90 Å². The van der Waals surface area contributed by atoms with E-state index in [9.17, 15) is 4.79 Å². The Morgan fingerprint density at radius 2 is 2.25 bits per heavy atom. The largest absolute Gasteiger partial charge is 0.333 e. The number of carbonyl (C=O) groups excluding carboxylic acids is 1. The average molecular weight is 258 g/mol. The summed E-state index contributed by atoms with van der Waals surface area (Å²) in [5.41, 5.74) is 1.24. The van der Waals surface area contributed by atoms with Crippen molar-refractivity contribution in [3.8, 4) is 0 Å². The van der Waals surface area contributed by atoms with Gasteiger partial charge in [0, 0.05) is 6.54 Å². The first-order valence-corrected chi connectivity index (χ1v) is 6.30. The Morgan fingerprint density at radius 1 is 1.50 bits per heavy atom. The van der Waals surface area contributed by atoms with Crippen LogP contribution in [0.5, 0.6) is 0 Å². The highest BCUT2D eigenvalue weighted by Gasteiger charge is 2.42. The fourth-order valence-electron chi connectivity index (χ4n) is 2.15. The van der Waals surface area contributed by atoms with Crippen molar-refractivity contribution in [3.63, 3.8) is 0 Å². The molecule has 0 aromatic carbocycles. The number of hydrogen-bond donors (Lipinski definition) is 0. The summed E-state index contributed by atoms with van der Waals surface area (Å²) in [7, 11) is 2.05. The Hall–Kier alpha value is -0.405. The number of likely N-dealkylation sites (tertiary alicyclic amines) is 1. The molecule has 1 saturated heterocycles. The van der Waals surface area contributed by atoms with E-state index in [2.05, 4.69) is 20.0 Å². The summed E-state index contributed by atoms with van der Waals surface area (Å²) in [6.45, 7) is 0.752. The molecule has 5 heteroatoms. The molecule has 16 heavy (non-hydrogen) atoms. The predicted octanol–water partition coefficient (Wildman–Crippen LogP) is 1.63. The van der Waals surface area contributed by atoms with Crippen LogP contribution in [-0.2, 0) is 4.79 Å². The van der Waals surface area contributed by atoms with Gasteiger partial charge in [-0.3, -0.25) is 4.79 Å². The summed E-state index contributed by atoms with van der Waals surface area (Å²) in [5, 5.41) is 0. The van der Waals surface area contributed by atoms with Crippen LogP contribution in [0.4, 0.5) is 0 Å². The number of hydrogen-bond acceptors (Lipinski definition) is 1. The molecule has 0 radical (unpaired) electrons. The van der Waals surface area contributed by atoms with Crippen LogP contribution in [-0.4, -0.2) is 35.6 Å². The zero-order valence-corrected chi connectivity index (χ0v) is 10.8. The van der Waals surface area contributed by atoms with E-state index in [1.165, 1.54) is 5.47 Å². The summed E-state index contributed by atoms with van der Waals surface area (Å²) in [6.07, 6.45) is 8.51. The zero-order valence-electron chi connectivity index (χ0n) is 9.25. The minimum atomic E-state index is -1.22. The highest BCUT2D eigenvalue weighted by molar-refractivity contribution is 6.58. The predicted molar refractivity (Wildman–Crippen MR) is 69.6 cm³/mol. The number of rotatable bonds is 1. The molecule has 1 unspecified atom stereocenters. The van der Waals surface area contributed by atoms with Crippen LogP contribution in [0.15, 0.2) is 23.7 Å². The summed E-state index contributed by atoms with van der Waals surface area (Å²) in [5.74, 6) is -0.148. The normalized spacial score (nSPS) is 29.1. The van der Waals surface area contributed by atoms with Gasteiger partial charge in [0.1, 0.15) is 7.85 Å². The number of amides is 1. The molecule has 1 amide bonds. The van der Waals surface area contributed by atoms with Gasteiger partial charge in [0.15, 0.2) is 4.33 Å². The van der Waals surface area contributed by atoms with Gasteiger partial charge in [-0.2, -0.15) is 0 Å². The van der Waals surface area contributed by atoms with Crippen molar-refractivity contribution in [2.75, 3.05) is 6.54 Å². The van der Waals surface area contributed by atoms with E-state index in [0.717, 1.165) is 19.4 Å². The maximum absolute atomic E-state index is 12.0. The fraction of sp³-hybridized carbons (Fsp3) is 0.545. The third-order valence-electron chi connectivity index (χ3n) is 3.13. The standard InChI is InChI=1S/C11H14BCl2NO/c12-8-2-4-9(5-3-8)15-7-1-6-11(13,14)10(15)16/h2-4,9H,1,5-7,12H2. The first-order chi connectivity index (χ1) is 7.50. The highest BCUT2D eigenvalue weighted by Crippen LogP contribution is 2.35. The number of piperidine rings is 1. The lowest BCUT2D eigenvalue weighted by atomic mass is 9.88. The molecule has 86 valence electrons. The average Bonchev–Trinajstić information content (AvgIpc) is 2.24. The van der Waals surface area contributed by atoms with Gasteiger partial charge in [0.25, 0.3) is 5.91 Å². The number of alkyl halides is 2. The number of nitrogens with zero attached hydrogens (tertiary/aromatic N) is 1. The number of carbonyl (C=O) groups is 1. The lowest BCUT2D eigenvalue weighted by Gasteiger charge is -2.38. The third-order valence-corrected chi connectivity index (χ3v) is 3.83. The van der Waals surface area contributed by atoms with Crippen LogP contribution in [0, 0.1) is 0 Å². The minimum Gasteiger partial charge on any atom is -0.333 e. The molecular weight excluding hydrogens is 244 g/mol. The Kier molecular flexibility index (Phi) is 3.36. The van der Waals surface area contributed by atoms with E-state index < -0.39 is 4.33 Å². The third kappa shape index (κ3) is 2.30. The zero-order chi connectivity index (χ0) is 11.8. The topological polar surface area (TPSA) is 20.3 Å². The van der Waals surface area contributed by atoms with E-state index in [0.29, 0.717) is 6.42 Å². The maximum atomic E-state index is 12.0. The molecular formula is C11H14BCl2NO. The Morgan fingerprint density at radius 3 is 2.88 bits per heavy atom. The maximum Gasteiger partial charge on any atom is 0.259 e. The van der Waals surface area contributed by atoms with Crippen LogP contribution in [0.3, 0.4) is 0 Å². The minimum absolute atomic E-state index is 0.119. The first-order valence-electron chi connectivity index (χ1n) is 5.54. The molecule has 2 rings (SSSR count). The quantitative estimate of drug-likeness (QED) is 0.517. The second-order valence-electron chi connectivity index (χ2n) is 4.42. The first kappa shape index (κ1) is 12.1. The van der Waals surface area contributed by atoms with Crippen LogP contribution in [0.1, 0.15) is 19.3 Å². The van der Waals surface area contributed by atoms with Crippen molar-refractivity contribution in [1.82, 2.24) is 4.90 Å². The van der Waals surface area contributed by atoms with Gasteiger partial charge in [-0.05, 0) is 19.3 Å². The van der Waals surface area contributed by atoms with Gasteiger partial charge in [-0.25, -0.2) is 0 Å². The summed E-state index contributed by atoms with van der Waals surface area (Å²) >= 11 is 12.0. The number of halogens is 2. The molecule has 2 nitrogen and oxygen atoms in total. The molecule has 0 spiro atoms. The SMILES string of the molecule is BC1=CCC(N2CCCC(Cl)(Cl)C2=O)C=C1. The highest BCUT2D eigenvalue weighted by atomic mass is 35.5.